The maximum absolute atomic E-state index is 12.7. The number of sulfonamides is 1. The molecule has 4 aromatic rings. The Morgan fingerprint density at radius 1 is 1.00 bits per heavy atom. The highest BCUT2D eigenvalue weighted by atomic mass is 35.5. The minimum atomic E-state index is -3.82. The number of hydrogen-bond acceptors (Lipinski definition) is 6. The summed E-state index contributed by atoms with van der Waals surface area (Å²) < 4.78 is 40.6. The van der Waals surface area contributed by atoms with Gasteiger partial charge in [-0.2, -0.15) is 4.98 Å². The highest BCUT2D eigenvalue weighted by Crippen LogP contribution is 2.29. The van der Waals surface area contributed by atoms with Crippen molar-refractivity contribution in [3.8, 4) is 23.2 Å². The van der Waals surface area contributed by atoms with Crippen molar-refractivity contribution in [2.75, 3.05) is 11.8 Å². The van der Waals surface area contributed by atoms with Gasteiger partial charge in [0.25, 0.3) is 10.0 Å². The fourth-order valence-corrected chi connectivity index (χ4v) is 4.34. The molecule has 0 aliphatic carbocycles. The molecule has 0 saturated carbocycles. The number of anilines is 1. The van der Waals surface area contributed by atoms with E-state index in [2.05, 4.69) is 14.7 Å². The lowest BCUT2D eigenvalue weighted by Gasteiger charge is -2.11. The molecule has 2 aromatic heterocycles. The van der Waals surface area contributed by atoms with Crippen LogP contribution in [0.5, 0.6) is 17.4 Å². The van der Waals surface area contributed by atoms with Gasteiger partial charge in [0.2, 0.25) is 5.88 Å². The predicted octanol–water partition coefficient (Wildman–Crippen LogP) is 4.83. The minimum absolute atomic E-state index is 0.0256. The van der Waals surface area contributed by atoms with Crippen LogP contribution in [0.15, 0.2) is 78.0 Å². The molecule has 0 spiro atoms. The summed E-state index contributed by atoms with van der Waals surface area (Å²) >= 11 is 6.05. The zero-order chi connectivity index (χ0) is 22.7. The first-order valence-electron chi connectivity index (χ1n) is 9.47. The molecule has 32 heavy (non-hydrogen) atoms. The Morgan fingerprint density at radius 2 is 1.72 bits per heavy atom. The molecule has 0 amide bonds. The van der Waals surface area contributed by atoms with Crippen LogP contribution in [0, 0.1) is 6.92 Å². The van der Waals surface area contributed by atoms with Gasteiger partial charge in [0.05, 0.1) is 17.0 Å². The Morgan fingerprint density at radius 3 is 2.38 bits per heavy atom. The van der Waals surface area contributed by atoms with Gasteiger partial charge in [-0.25, -0.2) is 13.4 Å². The minimum Gasteiger partial charge on any atom is -0.495 e. The van der Waals surface area contributed by atoms with Crippen LogP contribution in [0.1, 0.15) is 5.82 Å². The Bertz CT molecular complexity index is 1340. The third-order valence-electron chi connectivity index (χ3n) is 4.43. The number of rotatable bonds is 7. The van der Waals surface area contributed by atoms with Crippen LogP contribution in [0.3, 0.4) is 0 Å². The molecular weight excluding hydrogens is 452 g/mol. The normalized spacial score (nSPS) is 11.2. The first-order chi connectivity index (χ1) is 15.3. The number of halogens is 1. The number of nitrogens with one attached hydrogen (secondary N) is 1. The van der Waals surface area contributed by atoms with Crippen LogP contribution in [0.25, 0.3) is 5.82 Å². The van der Waals surface area contributed by atoms with Crippen molar-refractivity contribution in [2.45, 2.75) is 11.8 Å². The van der Waals surface area contributed by atoms with Crippen LogP contribution in [-0.2, 0) is 10.0 Å². The summed E-state index contributed by atoms with van der Waals surface area (Å²) in [6.45, 7) is 1.78. The monoisotopic (exact) mass is 470 g/mol. The van der Waals surface area contributed by atoms with E-state index in [0.717, 1.165) is 0 Å². The van der Waals surface area contributed by atoms with E-state index in [1.54, 1.807) is 37.3 Å². The fraction of sp³-hybridized carbons (Fsp3) is 0.0909. The second kappa shape index (κ2) is 8.89. The topological polar surface area (TPSA) is 95.3 Å². The van der Waals surface area contributed by atoms with Gasteiger partial charge in [-0.3, -0.25) is 4.72 Å². The zero-order valence-corrected chi connectivity index (χ0v) is 18.8. The molecule has 0 unspecified atom stereocenters. The van der Waals surface area contributed by atoms with Crippen molar-refractivity contribution in [2.24, 2.45) is 0 Å². The molecule has 0 radical (unpaired) electrons. The van der Waals surface area contributed by atoms with Gasteiger partial charge in [0.1, 0.15) is 23.1 Å². The van der Waals surface area contributed by atoms with Gasteiger partial charge in [-0.15, -0.1) is 0 Å². The lowest BCUT2D eigenvalue weighted by atomic mass is 10.3. The van der Waals surface area contributed by atoms with Gasteiger partial charge >= 0.3 is 0 Å². The van der Waals surface area contributed by atoms with Gasteiger partial charge in [-0.1, -0.05) is 11.6 Å². The summed E-state index contributed by atoms with van der Waals surface area (Å²) in [6.07, 6.45) is 3.75. The first kappa shape index (κ1) is 21.7. The van der Waals surface area contributed by atoms with Gasteiger partial charge in [0.15, 0.2) is 0 Å². The first-order valence-corrected chi connectivity index (χ1v) is 11.3. The van der Waals surface area contributed by atoms with E-state index in [9.17, 15) is 8.42 Å². The van der Waals surface area contributed by atoms with E-state index in [-0.39, 0.29) is 9.92 Å². The number of benzene rings is 2. The maximum atomic E-state index is 12.7. The molecule has 0 aliphatic rings. The largest absolute Gasteiger partial charge is 0.495 e. The molecule has 1 N–H and O–H groups in total. The summed E-state index contributed by atoms with van der Waals surface area (Å²) in [6, 6.07) is 16.3. The smallest absolute Gasteiger partial charge is 0.261 e. The Hall–Kier alpha value is -3.56. The van der Waals surface area contributed by atoms with E-state index in [4.69, 9.17) is 21.1 Å². The highest BCUT2D eigenvalue weighted by molar-refractivity contribution is 7.92. The second-order valence-electron chi connectivity index (χ2n) is 6.73. The van der Waals surface area contributed by atoms with Crippen LogP contribution in [-0.4, -0.2) is 30.1 Å². The number of ether oxygens (including phenoxy) is 2. The standard InChI is InChI=1S/C22H19ClN4O4S/c1-15-24-21(27-11-3-4-12-27)14-22(25-15)31-17-7-5-16(6-8-17)26-32(28,29)18-9-10-20(30-2)19(23)13-18/h3-14,26H,1-2H3. The molecule has 0 atom stereocenters. The van der Waals surface area contributed by atoms with Crippen molar-refractivity contribution in [1.82, 2.24) is 14.5 Å². The molecule has 10 heteroatoms. The third kappa shape index (κ3) is 4.84. The number of hydrogen-bond donors (Lipinski definition) is 1. The Labute approximate surface area is 190 Å². The highest BCUT2D eigenvalue weighted by Gasteiger charge is 2.16. The molecular formula is C22H19ClN4O4S. The lowest BCUT2D eigenvalue weighted by molar-refractivity contribution is 0.414. The predicted molar refractivity (Wildman–Crippen MR) is 121 cm³/mol. The molecule has 8 nitrogen and oxygen atoms in total. The fourth-order valence-electron chi connectivity index (χ4n) is 2.94. The van der Waals surface area contributed by atoms with Crippen LogP contribution in [0.4, 0.5) is 5.69 Å². The van der Waals surface area contributed by atoms with Gasteiger partial charge in [0, 0.05) is 24.1 Å². The Kier molecular flexibility index (Phi) is 6.02. The SMILES string of the molecule is COc1ccc(S(=O)(=O)Nc2ccc(Oc3cc(-n4cccc4)nc(C)n3)cc2)cc1Cl. The average Bonchev–Trinajstić information content (AvgIpc) is 3.29. The van der Waals surface area contributed by atoms with Crippen LogP contribution in [0.2, 0.25) is 5.02 Å². The molecule has 0 bridgehead atoms. The quantitative estimate of drug-likeness (QED) is 0.415. The maximum Gasteiger partial charge on any atom is 0.261 e. The summed E-state index contributed by atoms with van der Waals surface area (Å²) in [7, 11) is -2.36. The number of aromatic nitrogens is 3. The summed E-state index contributed by atoms with van der Waals surface area (Å²) in [5.74, 6) is 2.51. The van der Waals surface area contributed by atoms with E-state index in [1.165, 1.54) is 25.3 Å². The second-order valence-corrected chi connectivity index (χ2v) is 8.82. The van der Waals surface area contributed by atoms with E-state index in [0.29, 0.717) is 34.7 Å². The van der Waals surface area contributed by atoms with Crippen molar-refractivity contribution < 1.29 is 17.9 Å². The summed E-state index contributed by atoms with van der Waals surface area (Å²) in [4.78, 5) is 8.72. The molecule has 0 aliphatic heterocycles. The molecule has 4 rings (SSSR count). The van der Waals surface area contributed by atoms with E-state index >= 15 is 0 Å². The van der Waals surface area contributed by atoms with Crippen molar-refractivity contribution >= 4 is 27.3 Å². The van der Waals surface area contributed by atoms with Gasteiger partial charge in [-0.05, 0) is 61.5 Å². The average molecular weight is 471 g/mol. The molecule has 2 aromatic carbocycles. The van der Waals surface area contributed by atoms with E-state index in [1.807, 2.05) is 29.1 Å². The third-order valence-corrected chi connectivity index (χ3v) is 6.11. The summed E-state index contributed by atoms with van der Waals surface area (Å²) in [5.41, 5.74) is 0.371. The molecule has 0 saturated heterocycles. The number of aryl methyl sites for hydroxylation is 1. The number of methoxy groups -OCH3 is 1. The van der Waals surface area contributed by atoms with Crippen LogP contribution < -0.4 is 14.2 Å². The number of nitrogens with zero attached hydrogens (tertiary/aromatic N) is 3. The van der Waals surface area contributed by atoms with Crippen LogP contribution >= 0.6 is 11.6 Å². The van der Waals surface area contributed by atoms with Crippen molar-refractivity contribution in [3.05, 3.63) is 83.9 Å². The molecule has 0 fully saturated rings. The summed E-state index contributed by atoms with van der Waals surface area (Å²) in [5, 5.41) is 0.207. The van der Waals surface area contributed by atoms with Crippen molar-refractivity contribution in [1.29, 1.82) is 0 Å². The lowest BCUT2D eigenvalue weighted by Crippen LogP contribution is -2.12. The Balaban J connectivity index is 1.50. The molecule has 2 heterocycles. The zero-order valence-electron chi connectivity index (χ0n) is 17.2. The van der Waals surface area contributed by atoms with E-state index < -0.39 is 10.0 Å². The van der Waals surface area contributed by atoms with Gasteiger partial charge < -0.3 is 14.0 Å². The van der Waals surface area contributed by atoms with Crippen molar-refractivity contribution in [3.63, 3.8) is 0 Å². The molecule has 164 valence electrons.